The Kier molecular flexibility index (Phi) is 4.87. The van der Waals surface area contributed by atoms with Gasteiger partial charge in [-0.3, -0.25) is 0 Å². The van der Waals surface area contributed by atoms with Crippen molar-refractivity contribution in [3.05, 3.63) is 47.7 Å². The normalized spacial score (nSPS) is 12.8. The molecule has 0 bridgehead atoms. The third-order valence-electron chi connectivity index (χ3n) is 3.52. The Morgan fingerprint density at radius 2 is 1.92 bits per heavy atom. The fourth-order valence-corrected chi connectivity index (χ4v) is 2.38. The summed E-state index contributed by atoms with van der Waals surface area (Å²) in [5.74, 6) is -1.03. The number of aromatic nitrogens is 4. The van der Waals surface area contributed by atoms with Gasteiger partial charge in [0, 0.05) is 17.7 Å². The van der Waals surface area contributed by atoms with E-state index in [0.29, 0.717) is 0 Å². The highest BCUT2D eigenvalue weighted by Gasteiger charge is 2.18. The molecule has 3 aromatic rings. The first-order valence-electron chi connectivity index (χ1n) is 7.34. The highest BCUT2D eigenvalue weighted by atomic mass is 19.3. The van der Waals surface area contributed by atoms with E-state index in [1.807, 2.05) is 0 Å². The van der Waals surface area contributed by atoms with Crippen molar-refractivity contribution in [2.75, 3.05) is 5.32 Å². The molecular weight excluding hydrogens is 361 g/mol. The molecule has 0 radical (unpaired) electrons. The summed E-state index contributed by atoms with van der Waals surface area (Å²) in [5.41, 5.74) is -0.392. The Balaban J connectivity index is 1.89. The molecule has 2 heterocycles. The molecule has 0 spiro atoms. The monoisotopic (exact) mass is 373 g/mol. The van der Waals surface area contributed by atoms with Gasteiger partial charge in [0.05, 0.1) is 6.04 Å². The number of hydrogen-bond donors (Lipinski definition) is 1. The molecule has 0 aliphatic heterocycles. The van der Waals surface area contributed by atoms with E-state index in [1.165, 1.54) is 16.6 Å². The third-order valence-corrected chi connectivity index (χ3v) is 3.52. The predicted octanol–water partition coefficient (Wildman–Crippen LogP) is 3.98. The molecule has 0 fully saturated rings. The zero-order valence-corrected chi connectivity index (χ0v) is 13.2. The van der Waals surface area contributed by atoms with Crippen molar-refractivity contribution >= 4 is 11.6 Å². The first kappa shape index (κ1) is 17.8. The summed E-state index contributed by atoms with van der Waals surface area (Å²) in [6, 6.07) is 3.65. The lowest BCUT2D eigenvalue weighted by Crippen LogP contribution is -2.13. The van der Waals surface area contributed by atoms with Crippen LogP contribution in [-0.2, 0) is 0 Å². The standard InChI is InChI=1S/C15H12F5N5O/c1-7(9-3-2-8(4-10(9)16)26-14(19)20)23-12-5-11(13(17)18)24-15-21-6-22-25(12)15/h2-7,13-14,23H,1H3. The molecule has 26 heavy (non-hydrogen) atoms. The van der Waals surface area contributed by atoms with Gasteiger partial charge in [-0.25, -0.2) is 18.2 Å². The maximum Gasteiger partial charge on any atom is 0.387 e. The Bertz CT molecular complexity index is 917. The van der Waals surface area contributed by atoms with Gasteiger partial charge in [-0.2, -0.15) is 23.4 Å². The van der Waals surface area contributed by atoms with Crippen molar-refractivity contribution in [2.24, 2.45) is 0 Å². The molecule has 6 nitrogen and oxygen atoms in total. The van der Waals surface area contributed by atoms with E-state index in [1.54, 1.807) is 6.92 Å². The van der Waals surface area contributed by atoms with Crippen LogP contribution in [0.1, 0.15) is 30.6 Å². The van der Waals surface area contributed by atoms with Gasteiger partial charge in [0.15, 0.2) is 0 Å². The number of alkyl halides is 4. The van der Waals surface area contributed by atoms with E-state index < -0.39 is 30.6 Å². The Hall–Kier alpha value is -2.98. The average Bonchev–Trinajstić information content (AvgIpc) is 3.02. The predicted molar refractivity (Wildman–Crippen MR) is 80.8 cm³/mol. The summed E-state index contributed by atoms with van der Waals surface area (Å²) in [5, 5.41) is 6.72. The maximum atomic E-state index is 14.2. The second kappa shape index (κ2) is 7.10. The lowest BCUT2D eigenvalue weighted by Gasteiger charge is -2.18. The van der Waals surface area contributed by atoms with Crippen LogP contribution in [0.2, 0.25) is 0 Å². The number of fused-ring (bicyclic) bond motifs is 1. The van der Waals surface area contributed by atoms with E-state index in [9.17, 15) is 22.0 Å². The molecule has 1 atom stereocenters. The first-order chi connectivity index (χ1) is 12.3. The lowest BCUT2D eigenvalue weighted by atomic mass is 10.1. The summed E-state index contributed by atoms with van der Waals surface area (Å²) in [6.45, 7) is -1.50. The molecule has 1 aromatic carbocycles. The molecule has 1 N–H and O–H groups in total. The van der Waals surface area contributed by atoms with Gasteiger partial charge in [0.2, 0.25) is 0 Å². The molecule has 11 heteroatoms. The summed E-state index contributed by atoms with van der Waals surface area (Å²) >= 11 is 0. The fourth-order valence-electron chi connectivity index (χ4n) is 2.38. The van der Waals surface area contributed by atoms with Crippen LogP contribution in [0.3, 0.4) is 0 Å². The van der Waals surface area contributed by atoms with E-state index in [2.05, 4.69) is 25.1 Å². The van der Waals surface area contributed by atoms with Crippen LogP contribution in [-0.4, -0.2) is 26.2 Å². The third kappa shape index (κ3) is 3.65. The number of benzene rings is 1. The van der Waals surface area contributed by atoms with Crippen LogP contribution in [0.4, 0.5) is 27.8 Å². The SMILES string of the molecule is CC(Nc1cc(C(F)F)nc2ncnn12)c1ccc(OC(F)F)cc1F. The Labute approximate surface area is 143 Å². The highest BCUT2D eigenvalue weighted by Crippen LogP contribution is 2.27. The summed E-state index contributed by atoms with van der Waals surface area (Å²) < 4.78 is 69.8. The van der Waals surface area contributed by atoms with Crippen molar-refractivity contribution in [1.82, 2.24) is 19.6 Å². The molecule has 0 saturated heterocycles. The van der Waals surface area contributed by atoms with E-state index in [4.69, 9.17) is 0 Å². The fraction of sp³-hybridized carbons (Fsp3) is 0.267. The Morgan fingerprint density at radius 1 is 1.15 bits per heavy atom. The summed E-state index contributed by atoms with van der Waals surface area (Å²) in [4.78, 5) is 7.43. The van der Waals surface area contributed by atoms with Gasteiger partial charge in [-0.05, 0) is 13.0 Å². The minimum absolute atomic E-state index is 0.0429. The van der Waals surface area contributed by atoms with Crippen molar-refractivity contribution < 1.29 is 26.7 Å². The largest absolute Gasteiger partial charge is 0.435 e. The second-order valence-electron chi connectivity index (χ2n) is 5.27. The number of rotatable bonds is 6. The minimum atomic E-state index is -3.07. The van der Waals surface area contributed by atoms with Gasteiger partial charge in [0.25, 0.3) is 12.2 Å². The molecule has 0 saturated carbocycles. The summed E-state index contributed by atoms with van der Waals surface area (Å²) in [6.07, 6.45) is -1.68. The molecule has 0 aliphatic rings. The number of anilines is 1. The first-order valence-corrected chi connectivity index (χ1v) is 7.34. The topological polar surface area (TPSA) is 64.3 Å². The molecular formula is C15H12F5N5O. The minimum Gasteiger partial charge on any atom is -0.435 e. The number of hydrogen-bond acceptors (Lipinski definition) is 5. The van der Waals surface area contributed by atoms with Gasteiger partial charge < -0.3 is 10.1 Å². The zero-order valence-electron chi connectivity index (χ0n) is 13.2. The summed E-state index contributed by atoms with van der Waals surface area (Å²) in [7, 11) is 0. The smallest absolute Gasteiger partial charge is 0.387 e. The molecule has 2 aromatic heterocycles. The molecule has 138 valence electrons. The van der Waals surface area contributed by atoms with E-state index in [0.717, 1.165) is 18.5 Å². The van der Waals surface area contributed by atoms with Gasteiger partial charge >= 0.3 is 6.61 Å². The maximum absolute atomic E-state index is 14.2. The second-order valence-corrected chi connectivity index (χ2v) is 5.27. The van der Waals surface area contributed by atoms with Crippen molar-refractivity contribution in [3.63, 3.8) is 0 Å². The molecule has 3 rings (SSSR count). The molecule has 1 unspecified atom stereocenters. The quantitative estimate of drug-likeness (QED) is 0.663. The van der Waals surface area contributed by atoms with Crippen LogP contribution in [0, 0.1) is 5.82 Å². The van der Waals surface area contributed by atoms with E-state index in [-0.39, 0.29) is 22.9 Å². The average molecular weight is 373 g/mol. The van der Waals surface area contributed by atoms with Gasteiger partial charge in [-0.15, -0.1) is 0 Å². The lowest BCUT2D eigenvalue weighted by molar-refractivity contribution is -0.0500. The van der Waals surface area contributed by atoms with Crippen LogP contribution < -0.4 is 10.1 Å². The molecule has 0 amide bonds. The van der Waals surface area contributed by atoms with Crippen molar-refractivity contribution in [3.8, 4) is 5.75 Å². The number of nitrogens with zero attached hydrogens (tertiary/aromatic N) is 4. The van der Waals surface area contributed by atoms with E-state index >= 15 is 0 Å². The van der Waals surface area contributed by atoms with Gasteiger partial charge in [0.1, 0.15) is 29.4 Å². The van der Waals surface area contributed by atoms with Crippen molar-refractivity contribution in [1.29, 1.82) is 0 Å². The van der Waals surface area contributed by atoms with Crippen LogP contribution in [0.25, 0.3) is 5.78 Å². The zero-order chi connectivity index (χ0) is 18.8. The number of nitrogens with one attached hydrogen (secondary N) is 1. The van der Waals surface area contributed by atoms with Crippen LogP contribution >= 0.6 is 0 Å². The van der Waals surface area contributed by atoms with Crippen LogP contribution in [0.15, 0.2) is 30.6 Å². The van der Waals surface area contributed by atoms with Crippen LogP contribution in [0.5, 0.6) is 5.75 Å². The van der Waals surface area contributed by atoms with Gasteiger partial charge in [-0.1, -0.05) is 6.07 Å². The molecule has 0 aliphatic carbocycles. The van der Waals surface area contributed by atoms with Crippen molar-refractivity contribution in [2.45, 2.75) is 26.0 Å². The highest BCUT2D eigenvalue weighted by molar-refractivity contribution is 5.47. The number of ether oxygens (including phenoxy) is 1. The number of halogens is 5. The Morgan fingerprint density at radius 3 is 2.58 bits per heavy atom.